The van der Waals surface area contributed by atoms with Crippen molar-refractivity contribution in [3.05, 3.63) is 33.9 Å². The zero-order chi connectivity index (χ0) is 16.3. The van der Waals surface area contributed by atoms with E-state index in [-0.39, 0.29) is 23.3 Å². The van der Waals surface area contributed by atoms with Crippen LogP contribution in [-0.2, 0) is 4.79 Å². The van der Waals surface area contributed by atoms with Crippen LogP contribution in [0.4, 0.5) is 11.4 Å². The van der Waals surface area contributed by atoms with Crippen LogP contribution in [0.25, 0.3) is 0 Å². The van der Waals surface area contributed by atoms with Crippen LogP contribution < -0.4 is 10.6 Å². The Bertz CT molecular complexity index is 607. The van der Waals surface area contributed by atoms with Gasteiger partial charge < -0.3 is 10.6 Å². The van der Waals surface area contributed by atoms with Crippen molar-refractivity contribution >= 4 is 23.1 Å². The Labute approximate surface area is 128 Å². The van der Waals surface area contributed by atoms with Crippen molar-refractivity contribution in [2.24, 2.45) is 11.7 Å². The highest BCUT2D eigenvalue weighted by atomic mass is 16.6. The number of benzene rings is 1. The Kier molecular flexibility index (Phi) is 4.75. The summed E-state index contributed by atoms with van der Waals surface area (Å²) in [6.45, 7) is 2.66. The zero-order valence-corrected chi connectivity index (χ0v) is 12.4. The monoisotopic (exact) mass is 305 g/mol. The number of carbonyl (C=O) groups is 2. The lowest BCUT2D eigenvalue weighted by Crippen LogP contribution is -2.35. The number of amides is 1. The van der Waals surface area contributed by atoms with E-state index < -0.39 is 4.92 Å². The van der Waals surface area contributed by atoms with Gasteiger partial charge in [-0.3, -0.25) is 19.7 Å². The van der Waals surface area contributed by atoms with Gasteiger partial charge in [0.2, 0.25) is 5.91 Å². The van der Waals surface area contributed by atoms with Crippen molar-refractivity contribution in [3.8, 4) is 0 Å². The molecule has 0 aromatic heterocycles. The van der Waals surface area contributed by atoms with Crippen molar-refractivity contribution in [2.45, 2.75) is 26.2 Å². The highest BCUT2D eigenvalue weighted by molar-refractivity contribution is 5.95. The Morgan fingerprint density at radius 2 is 2.00 bits per heavy atom. The first-order chi connectivity index (χ1) is 10.4. The number of anilines is 1. The minimum atomic E-state index is -0.461. The van der Waals surface area contributed by atoms with E-state index in [2.05, 4.69) is 0 Å². The van der Waals surface area contributed by atoms with Gasteiger partial charge in [0.05, 0.1) is 4.92 Å². The van der Waals surface area contributed by atoms with Crippen molar-refractivity contribution in [3.63, 3.8) is 0 Å². The second-order valence-corrected chi connectivity index (χ2v) is 5.62. The molecule has 1 heterocycles. The summed E-state index contributed by atoms with van der Waals surface area (Å²) in [5, 5.41) is 11.3. The smallest absolute Gasteiger partial charge is 0.293 e. The molecule has 1 aliphatic rings. The van der Waals surface area contributed by atoms with Crippen LogP contribution in [0.5, 0.6) is 0 Å². The lowest BCUT2D eigenvalue weighted by atomic mass is 9.93. The maximum Gasteiger partial charge on any atom is 0.293 e. The largest absolute Gasteiger partial charge is 0.370 e. The van der Waals surface area contributed by atoms with Gasteiger partial charge in [-0.25, -0.2) is 0 Å². The molecule has 1 aliphatic heterocycles. The van der Waals surface area contributed by atoms with Gasteiger partial charge in [0.1, 0.15) is 5.69 Å². The quantitative estimate of drug-likeness (QED) is 0.508. The average molecular weight is 305 g/mol. The summed E-state index contributed by atoms with van der Waals surface area (Å²) >= 11 is 0. The average Bonchev–Trinajstić information content (AvgIpc) is 2.46. The highest BCUT2D eigenvalue weighted by Crippen LogP contribution is 2.33. The molecule has 1 saturated heterocycles. The standard InChI is InChI=1S/C15H19N3O4/c1-10(19)12-2-3-13(14(9-12)18(21)22)17-6-4-11(5-7-17)8-15(16)20/h2-3,9,11H,4-8H2,1H3,(H2,16,20). The third-order valence-electron chi connectivity index (χ3n) is 4.02. The second kappa shape index (κ2) is 6.55. The van der Waals surface area contributed by atoms with Crippen LogP contribution in [0, 0.1) is 16.0 Å². The predicted molar refractivity (Wildman–Crippen MR) is 81.8 cm³/mol. The minimum absolute atomic E-state index is 0.0546. The Morgan fingerprint density at radius 3 is 2.50 bits per heavy atom. The number of nitrogens with two attached hydrogens (primary N) is 1. The molecule has 0 spiro atoms. The van der Waals surface area contributed by atoms with Crippen molar-refractivity contribution in [2.75, 3.05) is 18.0 Å². The maximum atomic E-state index is 11.4. The number of Topliss-reactive ketones (excluding diaryl/α,β-unsaturated/α-hetero) is 1. The first-order valence-electron chi connectivity index (χ1n) is 7.21. The number of piperidine rings is 1. The molecular formula is C15H19N3O4. The van der Waals surface area contributed by atoms with Crippen LogP contribution >= 0.6 is 0 Å². The summed E-state index contributed by atoms with van der Waals surface area (Å²) in [5.41, 5.74) is 6.00. The summed E-state index contributed by atoms with van der Waals surface area (Å²) in [6.07, 6.45) is 1.91. The number of nitro groups is 1. The molecule has 1 aromatic carbocycles. The fraction of sp³-hybridized carbons (Fsp3) is 0.467. The molecule has 7 heteroatoms. The van der Waals surface area contributed by atoms with E-state index in [0.29, 0.717) is 30.8 Å². The van der Waals surface area contributed by atoms with Crippen LogP contribution in [0.2, 0.25) is 0 Å². The third kappa shape index (κ3) is 3.60. The number of nitro benzene ring substituents is 1. The molecule has 22 heavy (non-hydrogen) atoms. The molecule has 1 aromatic rings. The summed E-state index contributed by atoms with van der Waals surface area (Å²) in [5.74, 6) is -0.269. The number of primary amides is 1. The second-order valence-electron chi connectivity index (χ2n) is 5.62. The number of hydrogen-bond donors (Lipinski definition) is 1. The van der Waals surface area contributed by atoms with E-state index in [1.54, 1.807) is 12.1 Å². The number of rotatable bonds is 5. The minimum Gasteiger partial charge on any atom is -0.370 e. The molecule has 2 N–H and O–H groups in total. The highest BCUT2D eigenvalue weighted by Gasteiger charge is 2.26. The molecule has 118 valence electrons. The summed E-state index contributed by atoms with van der Waals surface area (Å²) in [7, 11) is 0. The predicted octanol–water partition coefficient (Wildman–Crippen LogP) is 1.89. The number of ketones is 1. The van der Waals surface area contributed by atoms with Gasteiger partial charge in [-0.2, -0.15) is 0 Å². The lowest BCUT2D eigenvalue weighted by Gasteiger charge is -2.32. The molecule has 0 unspecified atom stereocenters. The molecule has 0 bridgehead atoms. The molecule has 0 radical (unpaired) electrons. The fourth-order valence-corrected chi connectivity index (χ4v) is 2.82. The van der Waals surface area contributed by atoms with Gasteiger partial charge in [-0.15, -0.1) is 0 Å². The van der Waals surface area contributed by atoms with Crippen LogP contribution in [0.15, 0.2) is 18.2 Å². The van der Waals surface area contributed by atoms with Gasteiger partial charge in [0.25, 0.3) is 5.69 Å². The van der Waals surface area contributed by atoms with E-state index >= 15 is 0 Å². The molecule has 1 fully saturated rings. The number of hydrogen-bond acceptors (Lipinski definition) is 5. The van der Waals surface area contributed by atoms with Gasteiger partial charge in [-0.05, 0) is 37.8 Å². The van der Waals surface area contributed by atoms with Crippen molar-refractivity contribution < 1.29 is 14.5 Å². The van der Waals surface area contributed by atoms with Crippen molar-refractivity contribution in [1.29, 1.82) is 0 Å². The van der Waals surface area contributed by atoms with E-state index in [9.17, 15) is 19.7 Å². The molecular weight excluding hydrogens is 286 g/mol. The van der Waals surface area contributed by atoms with E-state index in [1.165, 1.54) is 13.0 Å². The Balaban J connectivity index is 2.17. The lowest BCUT2D eigenvalue weighted by molar-refractivity contribution is -0.384. The van der Waals surface area contributed by atoms with Crippen LogP contribution in [0.3, 0.4) is 0 Å². The molecule has 0 saturated carbocycles. The molecule has 0 atom stereocenters. The number of nitrogens with zero attached hydrogens (tertiary/aromatic N) is 2. The normalized spacial score (nSPS) is 15.6. The van der Waals surface area contributed by atoms with Gasteiger partial charge in [0.15, 0.2) is 5.78 Å². The van der Waals surface area contributed by atoms with Crippen LogP contribution in [-0.4, -0.2) is 29.7 Å². The maximum absolute atomic E-state index is 11.4. The first-order valence-corrected chi connectivity index (χ1v) is 7.21. The van der Waals surface area contributed by atoms with Gasteiger partial charge in [0, 0.05) is 31.1 Å². The summed E-state index contributed by atoms with van der Waals surface area (Å²) < 4.78 is 0. The Morgan fingerprint density at radius 1 is 1.36 bits per heavy atom. The van der Waals surface area contributed by atoms with Crippen molar-refractivity contribution in [1.82, 2.24) is 0 Å². The molecule has 1 amide bonds. The summed E-state index contributed by atoms with van der Waals surface area (Å²) in [6, 6.07) is 4.57. The van der Waals surface area contributed by atoms with E-state index in [1.807, 2.05) is 4.90 Å². The zero-order valence-electron chi connectivity index (χ0n) is 12.4. The topological polar surface area (TPSA) is 107 Å². The van der Waals surface area contributed by atoms with Crippen LogP contribution in [0.1, 0.15) is 36.5 Å². The molecule has 2 rings (SSSR count). The van der Waals surface area contributed by atoms with Gasteiger partial charge >= 0.3 is 0 Å². The van der Waals surface area contributed by atoms with Gasteiger partial charge in [-0.1, -0.05) is 0 Å². The first kappa shape index (κ1) is 15.9. The summed E-state index contributed by atoms with van der Waals surface area (Å²) in [4.78, 5) is 35.0. The SMILES string of the molecule is CC(=O)c1ccc(N2CCC(CC(N)=O)CC2)c([N+](=O)[O-])c1. The third-order valence-corrected chi connectivity index (χ3v) is 4.02. The molecule has 7 nitrogen and oxygen atoms in total. The van der Waals surface area contributed by atoms with E-state index in [4.69, 9.17) is 5.73 Å². The number of carbonyl (C=O) groups excluding carboxylic acids is 2. The Hall–Kier alpha value is -2.44. The van der Waals surface area contributed by atoms with E-state index in [0.717, 1.165) is 12.8 Å². The molecule has 0 aliphatic carbocycles. The fourth-order valence-electron chi connectivity index (χ4n) is 2.82.